The highest BCUT2D eigenvalue weighted by molar-refractivity contribution is 9.10. The Morgan fingerprint density at radius 2 is 2.10 bits per heavy atom. The first-order valence-corrected chi connectivity index (χ1v) is 7.05. The second-order valence-corrected chi connectivity index (χ2v) is 6.02. The van der Waals surface area contributed by atoms with E-state index < -0.39 is 17.6 Å². The van der Waals surface area contributed by atoms with Crippen molar-refractivity contribution in [1.29, 1.82) is 0 Å². The Hall–Kier alpha value is -1.08. The SMILES string of the molecule is CC1NCCN2C(=O)c3c(cc(Br)cc3C(F)(F)F)[C@@H]12. The van der Waals surface area contributed by atoms with Gasteiger partial charge < -0.3 is 10.2 Å². The van der Waals surface area contributed by atoms with Crippen LogP contribution < -0.4 is 5.32 Å². The van der Waals surface area contributed by atoms with Gasteiger partial charge in [-0.05, 0) is 24.6 Å². The van der Waals surface area contributed by atoms with Crippen molar-refractivity contribution in [3.8, 4) is 0 Å². The molecule has 1 aromatic rings. The molecule has 20 heavy (non-hydrogen) atoms. The Balaban J connectivity index is 2.23. The summed E-state index contributed by atoms with van der Waals surface area (Å²) in [6, 6.07) is 2.21. The molecular formula is C13H12BrF3N2O. The zero-order valence-electron chi connectivity index (χ0n) is 10.6. The average molecular weight is 349 g/mol. The van der Waals surface area contributed by atoms with Gasteiger partial charge in [-0.2, -0.15) is 13.2 Å². The largest absolute Gasteiger partial charge is 0.417 e. The van der Waals surface area contributed by atoms with E-state index in [4.69, 9.17) is 0 Å². The Labute approximate surface area is 122 Å². The molecule has 2 atom stereocenters. The maximum Gasteiger partial charge on any atom is 0.417 e. The number of hydrogen-bond acceptors (Lipinski definition) is 2. The summed E-state index contributed by atoms with van der Waals surface area (Å²) in [5.74, 6) is -0.516. The maximum absolute atomic E-state index is 13.2. The van der Waals surface area contributed by atoms with Crippen LogP contribution in [0, 0.1) is 0 Å². The predicted molar refractivity (Wildman–Crippen MR) is 70.4 cm³/mol. The number of piperazine rings is 1. The number of hydrogen-bond donors (Lipinski definition) is 1. The number of nitrogens with one attached hydrogen (secondary N) is 1. The van der Waals surface area contributed by atoms with Gasteiger partial charge in [0.2, 0.25) is 0 Å². The molecule has 7 heteroatoms. The van der Waals surface area contributed by atoms with Crippen molar-refractivity contribution in [2.24, 2.45) is 0 Å². The summed E-state index contributed by atoms with van der Waals surface area (Å²) in [4.78, 5) is 13.9. The molecule has 3 nitrogen and oxygen atoms in total. The molecule has 0 bridgehead atoms. The first kappa shape index (κ1) is 13.9. The van der Waals surface area contributed by atoms with Gasteiger partial charge in [-0.15, -0.1) is 0 Å². The molecule has 0 saturated carbocycles. The number of fused-ring (bicyclic) bond motifs is 3. The lowest BCUT2D eigenvalue weighted by Crippen LogP contribution is -2.50. The zero-order valence-corrected chi connectivity index (χ0v) is 12.2. The fourth-order valence-corrected chi connectivity index (χ4v) is 3.54. The van der Waals surface area contributed by atoms with Crippen LogP contribution in [0.5, 0.6) is 0 Å². The van der Waals surface area contributed by atoms with E-state index in [1.807, 2.05) is 6.92 Å². The molecule has 1 N–H and O–H groups in total. The summed E-state index contributed by atoms with van der Waals surface area (Å²) in [5, 5.41) is 3.20. The molecule has 2 aliphatic rings. The van der Waals surface area contributed by atoms with Crippen LogP contribution >= 0.6 is 15.9 Å². The van der Waals surface area contributed by atoms with Gasteiger partial charge in [0.25, 0.3) is 5.91 Å². The molecule has 1 unspecified atom stereocenters. The van der Waals surface area contributed by atoms with Crippen LogP contribution in [0.15, 0.2) is 16.6 Å². The summed E-state index contributed by atoms with van der Waals surface area (Å²) in [6.45, 7) is 2.91. The summed E-state index contributed by atoms with van der Waals surface area (Å²) < 4.78 is 39.8. The molecule has 1 fully saturated rings. The van der Waals surface area contributed by atoms with Crippen LogP contribution in [-0.2, 0) is 6.18 Å². The molecule has 1 aromatic carbocycles. The molecule has 1 saturated heterocycles. The minimum absolute atomic E-state index is 0.0654. The second kappa shape index (κ2) is 4.46. The smallest absolute Gasteiger partial charge is 0.329 e. The van der Waals surface area contributed by atoms with E-state index in [0.29, 0.717) is 23.1 Å². The van der Waals surface area contributed by atoms with Gasteiger partial charge in [-0.3, -0.25) is 4.79 Å². The first-order chi connectivity index (χ1) is 9.30. The van der Waals surface area contributed by atoms with Crippen molar-refractivity contribution in [2.45, 2.75) is 25.2 Å². The lowest BCUT2D eigenvalue weighted by Gasteiger charge is -2.36. The standard InChI is InChI=1S/C13H12BrF3N2O/c1-6-11-8-4-7(14)5-9(13(15,16)17)10(8)12(20)19(11)3-2-18-6/h4-6,11,18H,2-3H2,1H3/t6?,11-/m1/s1. The Morgan fingerprint density at radius 1 is 1.40 bits per heavy atom. The van der Waals surface area contributed by atoms with Crippen molar-refractivity contribution < 1.29 is 18.0 Å². The lowest BCUT2D eigenvalue weighted by molar-refractivity contribution is -0.138. The van der Waals surface area contributed by atoms with E-state index >= 15 is 0 Å². The number of alkyl halides is 3. The average Bonchev–Trinajstić information content (AvgIpc) is 2.62. The molecule has 108 valence electrons. The van der Waals surface area contributed by atoms with Gasteiger partial charge in [0, 0.05) is 23.6 Å². The zero-order chi connectivity index (χ0) is 14.7. The van der Waals surface area contributed by atoms with Crippen LogP contribution in [0.1, 0.15) is 34.5 Å². The van der Waals surface area contributed by atoms with E-state index in [1.54, 1.807) is 6.07 Å². The topological polar surface area (TPSA) is 32.3 Å². The number of carbonyl (C=O) groups excluding carboxylic acids is 1. The Morgan fingerprint density at radius 3 is 2.75 bits per heavy atom. The van der Waals surface area contributed by atoms with Gasteiger partial charge in [-0.1, -0.05) is 15.9 Å². The van der Waals surface area contributed by atoms with E-state index in [2.05, 4.69) is 21.2 Å². The predicted octanol–water partition coefficient (Wildman–Crippen LogP) is 2.96. The highest BCUT2D eigenvalue weighted by Gasteiger charge is 2.47. The fourth-order valence-electron chi connectivity index (χ4n) is 3.07. The number of carbonyl (C=O) groups is 1. The van der Waals surface area contributed by atoms with Crippen LogP contribution in [0.3, 0.4) is 0 Å². The minimum Gasteiger partial charge on any atom is -0.329 e. The normalized spacial score (nSPS) is 25.6. The van der Waals surface area contributed by atoms with Gasteiger partial charge in [0.1, 0.15) is 0 Å². The molecule has 0 aromatic heterocycles. The molecule has 0 aliphatic carbocycles. The number of nitrogens with zero attached hydrogens (tertiary/aromatic N) is 1. The highest BCUT2D eigenvalue weighted by Crippen LogP contribution is 2.44. The van der Waals surface area contributed by atoms with Crippen LogP contribution in [0.4, 0.5) is 13.2 Å². The van der Waals surface area contributed by atoms with Crippen molar-refractivity contribution in [3.63, 3.8) is 0 Å². The molecule has 2 aliphatic heterocycles. The summed E-state index contributed by atoms with van der Waals surface area (Å²) in [7, 11) is 0. The van der Waals surface area contributed by atoms with Gasteiger partial charge >= 0.3 is 6.18 Å². The third-order valence-electron chi connectivity index (χ3n) is 3.86. The van der Waals surface area contributed by atoms with Crippen molar-refractivity contribution in [2.75, 3.05) is 13.1 Å². The van der Waals surface area contributed by atoms with Crippen LogP contribution in [0.2, 0.25) is 0 Å². The van der Waals surface area contributed by atoms with Crippen molar-refractivity contribution >= 4 is 21.8 Å². The van der Waals surface area contributed by atoms with Crippen LogP contribution in [-0.4, -0.2) is 29.9 Å². The Kier molecular flexibility index (Phi) is 3.10. The van der Waals surface area contributed by atoms with Crippen molar-refractivity contribution in [3.05, 3.63) is 33.3 Å². The van der Waals surface area contributed by atoms with E-state index in [0.717, 1.165) is 6.07 Å². The third kappa shape index (κ3) is 1.95. The molecule has 0 radical (unpaired) electrons. The third-order valence-corrected chi connectivity index (χ3v) is 4.32. The summed E-state index contributed by atoms with van der Waals surface area (Å²) in [5.41, 5.74) is -0.592. The number of rotatable bonds is 0. The molecule has 3 rings (SSSR count). The van der Waals surface area contributed by atoms with Gasteiger partial charge in [0.15, 0.2) is 0 Å². The van der Waals surface area contributed by atoms with Gasteiger partial charge in [-0.25, -0.2) is 0 Å². The van der Waals surface area contributed by atoms with E-state index in [-0.39, 0.29) is 17.6 Å². The van der Waals surface area contributed by atoms with Gasteiger partial charge in [0.05, 0.1) is 17.2 Å². The fraction of sp³-hybridized carbons (Fsp3) is 0.462. The second-order valence-electron chi connectivity index (χ2n) is 5.10. The lowest BCUT2D eigenvalue weighted by atomic mass is 9.95. The molecule has 0 spiro atoms. The molecule has 1 amide bonds. The summed E-state index contributed by atoms with van der Waals surface area (Å²) >= 11 is 3.11. The van der Waals surface area contributed by atoms with E-state index in [1.165, 1.54) is 4.90 Å². The quantitative estimate of drug-likeness (QED) is 0.781. The monoisotopic (exact) mass is 348 g/mol. The number of benzene rings is 1. The maximum atomic E-state index is 13.2. The first-order valence-electron chi connectivity index (χ1n) is 6.25. The molecular weight excluding hydrogens is 337 g/mol. The van der Waals surface area contributed by atoms with Crippen molar-refractivity contribution in [1.82, 2.24) is 10.2 Å². The molecule has 2 heterocycles. The van der Waals surface area contributed by atoms with Crippen LogP contribution in [0.25, 0.3) is 0 Å². The Bertz CT molecular complexity index is 588. The minimum atomic E-state index is -4.53. The summed E-state index contributed by atoms with van der Waals surface area (Å²) in [6.07, 6.45) is -4.53. The number of halogens is 4. The number of amides is 1. The van der Waals surface area contributed by atoms with E-state index in [9.17, 15) is 18.0 Å². The highest BCUT2D eigenvalue weighted by atomic mass is 79.9.